The predicted octanol–water partition coefficient (Wildman–Crippen LogP) is 5.90. The molecule has 12 heteroatoms. The number of hydrogen-bond acceptors (Lipinski definition) is 9. The minimum Gasteiger partial charge on any atom is -0.488 e. The number of nitrogens with zero attached hydrogens (tertiary/aromatic N) is 5. The first-order valence-electron chi connectivity index (χ1n) is 15.3. The van der Waals surface area contributed by atoms with E-state index in [0.717, 1.165) is 23.1 Å². The summed E-state index contributed by atoms with van der Waals surface area (Å²) < 4.78 is 42.0. The highest BCUT2D eigenvalue weighted by molar-refractivity contribution is 7.92. The lowest BCUT2D eigenvalue weighted by atomic mass is 9.74. The van der Waals surface area contributed by atoms with Crippen LogP contribution in [0.4, 0.5) is 5.95 Å². The molecule has 6 rings (SSSR count). The lowest BCUT2D eigenvalue weighted by molar-refractivity contribution is -0.0202. The number of rotatable bonds is 4. The first-order chi connectivity index (χ1) is 21.8. The zero-order valence-electron chi connectivity index (χ0n) is 26.8. The van der Waals surface area contributed by atoms with E-state index in [1.165, 1.54) is 12.1 Å². The second-order valence-electron chi connectivity index (χ2n) is 12.8. The van der Waals surface area contributed by atoms with E-state index in [1.807, 2.05) is 45.9 Å². The molecule has 1 amide bonds. The molecule has 0 unspecified atom stereocenters. The smallest absolute Gasteiger partial charge is 0.264 e. The van der Waals surface area contributed by atoms with Crippen molar-refractivity contribution < 1.29 is 22.7 Å². The van der Waals surface area contributed by atoms with Crippen LogP contribution in [0.1, 0.15) is 73.9 Å². The van der Waals surface area contributed by atoms with Crippen molar-refractivity contribution in [3.8, 4) is 22.9 Å². The highest BCUT2D eigenvalue weighted by Gasteiger charge is 2.47. The van der Waals surface area contributed by atoms with Gasteiger partial charge in [0.2, 0.25) is 11.8 Å². The molecule has 11 nitrogen and oxygen atoms in total. The molecule has 2 atom stereocenters. The number of piperidine rings is 1. The molecule has 0 saturated carbocycles. The maximum Gasteiger partial charge on any atom is 0.264 e. The average molecular weight is 643 g/mol. The molecule has 2 aliphatic heterocycles. The van der Waals surface area contributed by atoms with E-state index >= 15 is 0 Å². The van der Waals surface area contributed by atoms with Crippen molar-refractivity contribution in [3.05, 3.63) is 83.4 Å². The molecule has 0 spiro atoms. The Kier molecular flexibility index (Phi) is 8.18. The van der Waals surface area contributed by atoms with Crippen LogP contribution in [-0.2, 0) is 10.0 Å². The van der Waals surface area contributed by atoms with Gasteiger partial charge in [-0.2, -0.15) is 4.98 Å². The fourth-order valence-electron chi connectivity index (χ4n) is 6.26. The number of sulfonamides is 1. The number of amides is 1. The highest BCUT2D eigenvalue weighted by Crippen LogP contribution is 2.44. The van der Waals surface area contributed by atoms with Crippen molar-refractivity contribution in [2.45, 2.75) is 77.5 Å². The number of aromatic nitrogens is 4. The molecule has 1 fully saturated rings. The van der Waals surface area contributed by atoms with Crippen LogP contribution in [0.2, 0.25) is 0 Å². The molecule has 1 N–H and O–H groups in total. The van der Waals surface area contributed by atoms with Gasteiger partial charge in [0.25, 0.3) is 15.9 Å². The number of anilines is 1. The van der Waals surface area contributed by atoms with Gasteiger partial charge in [-0.1, -0.05) is 38.1 Å². The molecule has 1 saturated heterocycles. The van der Waals surface area contributed by atoms with E-state index in [4.69, 9.17) is 9.47 Å². The summed E-state index contributed by atoms with van der Waals surface area (Å²) >= 11 is 0. The molecule has 0 radical (unpaired) electrons. The van der Waals surface area contributed by atoms with E-state index in [2.05, 4.69) is 38.5 Å². The lowest BCUT2D eigenvalue weighted by Crippen LogP contribution is -2.56. The molecule has 4 heterocycles. The second-order valence-corrected chi connectivity index (χ2v) is 14.5. The summed E-state index contributed by atoms with van der Waals surface area (Å²) in [5, 5.41) is 0. The zero-order valence-corrected chi connectivity index (χ0v) is 27.6. The highest BCUT2D eigenvalue weighted by atomic mass is 32.2. The predicted molar refractivity (Wildman–Crippen MR) is 173 cm³/mol. The average Bonchev–Trinajstić information content (AvgIpc) is 2.99. The van der Waals surface area contributed by atoms with Gasteiger partial charge in [-0.25, -0.2) is 28.1 Å². The van der Waals surface area contributed by atoms with Crippen molar-refractivity contribution in [3.63, 3.8) is 0 Å². The van der Waals surface area contributed by atoms with Gasteiger partial charge in [0.05, 0.1) is 41.2 Å². The van der Waals surface area contributed by atoms with Crippen LogP contribution in [-0.4, -0.2) is 57.9 Å². The van der Waals surface area contributed by atoms with Crippen LogP contribution >= 0.6 is 0 Å². The van der Waals surface area contributed by atoms with Gasteiger partial charge < -0.3 is 14.4 Å². The Morgan fingerprint density at radius 2 is 1.72 bits per heavy atom. The molecule has 4 bridgehead atoms. The minimum absolute atomic E-state index is 0.0391. The minimum atomic E-state index is -4.17. The third kappa shape index (κ3) is 6.13. The molecule has 46 heavy (non-hydrogen) atoms. The third-order valence-corrected chi connectivity index (χ3v) is 9.96. The van der Waals surface area contributed by atoms with Crippen LogP contribution in [0.25, 0.3) is 11.3 Å². The van der Waals surface area contributed by atoms with E-state index in [-0.39, 0.29) is 46.3 Å². The molecule has 2 aromatic carbocycles. The van der Waals surface area contributed by atoms with E-state index in [9.17, 15) is 13.2 Å². The summed E-state index contributed by atoms with van der Waals surface area (Å²) in [6, 6.07) is 12.7. The molecule has 0 aliphatic carbocycles. The van der Waals surface area contributed by atoms with Crippen molar-refractivity contribution in [1.82, 2.24) is 24.8 Å². The Morgan fingerprint density at radius 1 is 1.02 bits per heavy atom. The molecule has 2 aromatic heterocycles. The van der Waals surface area contributed by atoms with E-state index in [1.54, 1.807) is 35.5 Å². The van der Waals surface area contributed by atoms with Crippen molar-refractivity contribution in [2.75, 3.05) is 11.3 Å². The van der Waals surface area contributed by atoms with E-state index < -0.39 is 22.1 Å². The van der Waals surface area contributed by atoms with Crippen molar-refractivity contribution in [2.24, 2.45) is 5.41 Å². The summed E-state index contributed by atoms with van der Waals surface area (Å²) in [5.74, 6) is 0.730. The number of ether oxygens (including phenoxy) is 2. The Balaban J connectivity index is 1.50. The summed E-state index contributed by atoms with van der Waals surface area (Å²) in [6.45, 7) is 12.1. The van der Waals surface area contributed by atoms with Gasteiger partial charge in [0.15, 0.2) is 11.6 Å². The Hall–Kier alpha value is -4.58. The molecular formula is C34H38N6O5S. The molecule has 4 aromatic rings. The second kappa shape index (κ2) is 12.0. The van der Waals surface area contributed by atoms with Gasteiger partial charge in [-0.15, -0.1) is 0 Å². The summed E-state index contributed by atoms with van der Waals surface area (Å²) in [7, 11) is -4.17. The Bertz CT molecular complexity index is 1870. The van der Waals surface area contributed by atoms with Crippen LogP contribution in [0.3, 0.4) is 0 Å². The SMILES string of the molecule is Cc1cccc(C)c1-c1cc2nc(n1)NS(=O)(=O)c1cccc(c1)C(=O)N1[C@@H](c3ncc(OC(C)C)cn3)CCC(C)(C)[C@H]1CO2. The van der Waals surface area contributed by atoms with Gasteiger partial charge in [0.1, 0.15) is 6.61 Å². The fourth-order valence-corrected chi connectivity index (χ4v) is 7.25. The lowest BCUT2D eigenvalue weighted by Gasteiger charge is -2.49. The number of hydrogen-bond donors (Lipinski definition) is 1. The molecule has 240 valence electrons. The monoisotopic (exact) mass is 642 g/mol. The van der Waals surface area contributed by atoms with Crippen LogP contribution in [0, 0.1) is 19.3 Å². The molecule has 2 aliphatic rings. The summed E-state index contributed by atoms with van der Waals surface area (Å²) in [6.07, 6.45) is 4.57. The van der Waals surface area contributed by atoms with Gasteiger partial charge in [0, 0.05) is 17.2 Å². The quantitative estimate of drug-likeness (QED) is 0.288. The fraction of sp³-hybridized carbons (Fsp3) is 0.382. The Labute approximate surface area is 269 Å². The van der Waals surface area contributed by atoms with Gasteiger partial charge in [-0.05, 0) is 75.3 Å². The maximum absolute atomic E-state index is 14.5. The van der Waals surface area contributed by atoms with Crippen LogP contribution in [0.5, 0.6) is 11.6 Å². The summed E-state index contributed by atoms with van der Waals surface area (Å²) in [4.78, 5) is 34.4. The van der Waals surface area contributed by atoms with Crippen molar-refractivity contribution >= 4 is 21.9 Å². The number of carbonyl (C=O) groups is 1. The number of carbonyl (C=O) groups excluding carboxylic acids is 1. The van der Waals surface area contributed by atoms with Crippen LogP contribution < -0.4 is 14.2 Å². The van der Waals surface area contributed by atoms with Crippen molar-refractivity contribution in [1.29, 1.82) is 0 Å². The number of fused-ring (bicyclic) bond motifs is 5. The topological polar surface area (TPSA) is 136 Å². The third-order valence-electron chi connectivity index (χ3n) is 8.63. The van der Waals surface area contributed by atoms with E-state index in [0.29, 0.717) is 23.7 Å². The normalized spacial score (nSPS) is 20.3. The first kappa shape index (κ1) is 31.4. The standard InChI is InChI=1S/C34H38N6O5S/c1-20(2)45-24-17-35-31(36-18-24)27-13-14-34(5,6)28-19-44-29-16-26(30-21(3)9-7-10-22(30)4)37-33(38-29)39-46(42,43)25-12-8-11-23(15-25)32(41)40(27)28/h7-12,15-18,20,27-28H,13-14,19H2,1-6H3,(H,37,38,39)/t27-,28-/m1/s1. The number of nitrogens with one attached hydrogen (secondary N) is 1. The molecular weight excluding hydrogens is 604 g/mol. The van der Waals surface area contributed by atoms with Gasteiger partial charge in [-0.3, -0.25) is 4.79 Å². The number of benzene rings is 2. The largest absolute Gasteiger partial charge is 0.488 e. The van der Waals surface area contributed by atoms with Crippen LogP contribution in [0.15, 0.2) is 65.8 Å². The maximum atomic E-state index is 14.5. The Morgan fingerprint density at radius 3 is 2.41 bits per heavy atom. The van der Waals surface area contributed by atoms with Gasteiger partial charge >= 0.3 is 0 Å². The number of aryl methyl sites for hydroxylation is 2. The first-order valence-corrected chi connectivity index (χ1v) is 16.8. The zero-order chi connectivity index (χ0) is 32.8. The summed E-state index contributed by atoms with van der Waals surface area (Å²) in [5.41, 5.74) is 3.17.